The van der Waals surface area contributed by atoms with Crippen LogP contribution >= 0.6 is 0 Å². The van der Waals surface area contributed by atoms with Gasteiger partial charge < -0.3 is 0 Å². The minimum Gasteiger partial charge on any atom is -0.103 e. The van der Waals surface area contributed by atoms with Gasteiger partial charge in [0.2, 0.25) is 0 Å². The van der Waals surface area contributed by atoms with Crippen LogP contribution in [0.25, 0.3) is 66.7 Å². The van der Waals surface area contributed by atoms with Crippen molar-refractivity contribution in [2.75, 3.05) is 0 Å². The molecule has 0 fully saturated rings. The van der Waals surface area contributed by atoms with E-state index < -0.39 is 0 Å². The SMILES string of the molecule is C.C/C=C\C=C\c1cc(/C(C)=C/C=C\C)cc(-c2ccccc2/C=C/C=C(\C=C/C)c2ccc3c4ccccc4c4ccccc4c3c2)c1.C=CC.CC.CC. The van der Waals surface area contributed by atoms with Crippen molar-refractivity contribution in [3.05, 3.63) is 205 Å². The summed E-state index contributed by atoms with van der Waals surface area (Å²) in [5, 5.41) is 7.75. The lowest BCUT2D eigenvalue weighted by Crippen LogP contribution is -1.89. The number of fused-ring (bicyclic) bond motifs is 6. The van der Waals surface area contributed by atoms with Crippen LogP contribution in [0.4, 0.5) is 0 Å². The van der Waals surface area contributed by atoms with Crippen LogP contribution in [0.5, 0.6) is 0 Å². The van der Waals surface area contributed by atoms with Crippen LogP contribution in [0.2, 0.25) is 0 Å². The van der Waals surface area contributed by atoms with Crippen molar-refractivity contribution in [1.82, 2.24) is 0 Å². The van der Waals surface area contributed by atoms with E-state index in [1.807, 2.05) is 48.5 Å². The molecule has 6 aromatic rings. The molecule has 0 unspecified atom stereocenters. The van der Waals surface area contributed by atoms with Crippen molar-refractivity contribution in [2.24, 2.45) is 0 Å². The molecule has 0 atom stereocenters. The summed E-state index contributed by atoms with van der Waals surface area (Å²) >= 11 is 0. The molecule has 0 N–H and O–H groups in total. The zero-order valence-corrected chi connectivity index (χ0v) is 34.6. The van der Waals surface area contributed by atoms with Crippen molar-refractivity contribution in [3.63, 3.8) is 0 Å². The molecule has 0 bridgehead atoms. The quantitative estimate of drug-likeness (QED) is 0.0788. The maximum atomic E-state index is 3.36. The highest BCUT2D eigenvalue weighted by atomic mass is 14.1. The van der Waals surface area contributed by atoms with Gasteiger partial charge in [-0.15, -0.1) is 6.58 Å². The van der Waals surface area contributed by atoms with Gasteiger partial charge in [0.1, 0.15) is 0 Å². The smallest absolute Gasteiger partial charge is 0.00928 e. The van der Waals surface area contributed by atoms with Gasteiger partial charge in [-0.25, -0.2) is 0 Å². The monoisotopic (exact) mass is 737 g/mol. The third-order valence-corrected chi connectivity index (χ3v) is 8.79. The van der Waals surface area contributed by atoms with E-state index in [0.29, 0.717) is 0 Å². The number of allylic oxidation sites excluding steroid dienone is 13. The molecule has 0 radical (unpaired) electrons. The molecule has 6 rings (SSSR count). The first kappa shape index (κ1) is 46.2. The molecule has 0 spiro atoms. The third kappa shape index (κ3) is 12.0. The van der Waals surface area contributed by atoms with E-state index in [-0.39, 0.29) is 7.43 Å². The fraction of sp³-hybridized carbons (Fsp3) is 0.179. The number of rotatable bonds is 9. The Bertz CT molecular complexity index is 2330. The highest BCUT2D eigenvalue weighted by Gasteiger charge is 2.10. The van der Waals surface area contributed by atoms with Gasteiger partial charge in [-0.05, 0) is 136 Å². The normalized spacial score (nSPS) is 11.8. The average molecular weight is 737 g/mol. The maximum Gasteiger partial charge on any atom is -0.00928 e. The largest absolute Gasteiger partial charge is 0.103 e. The lowest BCUT2D eigenvalue weighted by molar-refractivity contribution is 1.50. The van der Waals surface area contributed by atoms with Crippen molar-refractivity contribution < 1.29 is 0 Å². The van der Waals surface area contributed by atoms with Gasteiger partial charge in [0, 0.05) is 0 Å². The van der Waals surface area contributed by atoms with Crippen LogP contribution in [0, 0.1) is 0 Å². The second-order valence-corrected chi connectivity index (χ2v) is 12.4. The first-order chi connectivity index (χ1) is 27.0. The molecule has 0 saturated heterocycles. The second-order valence-electron chi connectivity index (χ2n) is 12.4. The standard InChI is InChI=1S/C48H42.C3H6.2C2H6.CH4/c1-5-8-10-20-36-31-40(35(4)19-9-6-2)33-41(32-36)42-24-12-11-21-38(42)23-17-22-37(18-7-3)39-29-30-47-45-27-14-13-25-43(45)44-26-15-16-28-46(44)48(47)34-39;1-3-2;2*1-2;/h5-34H,1-4H3;3H,1H2,2H3;2*1-2H3;1H4/b8-5-,9-6-,18-7-,20-10+,23-17+,35-19+,37-22+;;;;. The summed E-state index contributed by atoms with van der Waals surface area (Å²) in [7, 11) is 0. The molecule has 0 aliphatic rings. The molecule has 0 aliphatic heterocycles. The molecule has 6 aromatic carbocycles. The third-order valence-electron chi connectivity index (χ3n) is 8.79. The molecule has 288 valence electrons. The van der Waals surface area contributed by atoms with Gasteiger partial charge in [0.25, 0.3) is 0 Å². The van der Waals surface area contributed by atoms with Gasteiger partial charge >= 0.3 is 0 Å². The summed E-state index contributed by atoms with van der Waals surface area (Å²) in [6.45, 7) is 21.6. The minimum absolute atomic E-state index is 0. The lowest BCUT2D eigenvalue weighted by atomic mass is 9.91. The first-order valence-corrected chi connectivity index (χ1v) is 19.8. The van der Waals surface area contributed by atoms with Gasteiger partial charge in [-0.1, -0.05) is 199 Å². The van der Waals surface area contributed by atoms with Crippen molar-refractivity contribution in [2.45, 2.75) is 69.7 Å². The zero-order valence-electron chi connectivity index (χ0n) is 34.6. The average Bonchev–Trinajstić information content (AvgIpc) is 3.24. The van der Waals surface area contributed by atoms with Crippen LogP contribution in [0.1, 0.15) is 92.0 Å². The molecule has 0 aromatic heterocycles. The summed E-state index contributed by atoms with van der Waals surface area (Å²) in [6.07, 6.45) is 27.5. The van der Waals surface area contributed by atoms with E-state index in [1.54, 1.807) is 6.08 Å². The Morgan fingerprint density at radius 1 is 0.500 bits per heavy atom. The fourth-order valence-corrected chi connectivity index (χ4v) is 6.42. The van der Waals surface area contributed by atoms with Gasteiger partial charge in [-0.2, -0.15) is 0 Å². The highest BCUT2D eigenvalue weighted by Crippen LogP contribution is 2.36. The Morgan fingerprint density at radius 3 is 1.64 bits per heavy atom. The molecule has 0 nitrogen and oxygen atoms in total. The van der Waals surface area contributed by atoms with Crippen LogP contribution in [-0.4, -0.2) is 0 Å². The number of benzene rings is 6. The second kappa shape index (κ2) is 25.2. The molecular weight excluding hydrogens is 673 g/mol. The summed E-state index contributed by atoms with van der Waals surface area (Å²) in [6, 6.07) is 39.9. The summed E-state index contributed by atoms with van der Waals surface area (Å²) in [4.78, 5) is 0. The lowest BCUT2D eigenvalue weighted by Gasteiger charge is -2.12. The van der Waals surface area contributed by atoms with E-state index in [0.717, 1.165) is 0 Å². The van der Waals surface area contributed by atoms with E-state index >= 15 is 0 Å². The highest BCUT2D eigenvalue weighted by molar-refractivity contribution is 6.25. The number of hydrogen-bond acceptors (Lipinski definition) is 0. The Balaban J connectivity index is 0.00000127. The molecular formula is C56H64. The zero-order chi connectivity index (χ0) is 40.0. The van der Waals surface area contributed by atoms with E-state index in [9.17, 15) is 0 Å². The molecule has 0 aliphatic carbocycles. The Kier molecular flexibility index (Phi) is 20.8. The Morgan fingerprint density at radius 2 is 1.05 bits per heavy atom. The predicted octanol–water partition coefficient (Wildman–Crippen LogP) is 17.9. The van der Waals surface area contributed by atoms with E-state index in [4.69, 9.17) is 0 Å². The topological polar surface area (TPSA) is 0 Å². The molecule has 56 heavy (non-hydrogen) atoms. The van der Waals surface area contributed by atoms with Crippen LogP contribution in [0.15, 0.2) is 183 Å². The molecule has 0 heteroatoms. The fourth-order valence-electron chi connectivity index (χ4n) is 6.42. The van der Waals surface area contributed by atoms with Gasteiger partial charge in [0.05, 0.1) is 0 Å². The summed E-state index contributed by atoms with van der Waals surface area (Å²) < 4.78 is 0. The molecule has 0 saturated carbocycles. The maximum absolute atomic E-state index is 3.36. The Labute approximate surface area is 340 Å². The minimum atomic E-state index is 0. The van der Waals surface area contributed by atoms with Crippen molar-refractivity contribution in [3.8, 4) is 11.1 Å². The number of hydrogen-bond donors (Lipinski definition) is 0. The van der Waals surface area contributed by atoms with Crippen LogP contribution in [0.3, 0.4) is 0 Å². The van der Waals surface area contributed by atoms with Gasteiger partial charge in [0.15, 0.2) is 0 Å². The van der Waals surface area contributed by atoms with E-state index in [1.165, 1.54) is 76.8 Å². The Hall–Kier alpha value is -5.98. The van der Waals surface area contributed by atoms with Crippen molar-refractivity contribution >= 4 is 55.6 Å². The molecule has 0 heterocycles. The van der Waals surface area contributed by atoms with Gasteiger partial charge in [-0.3, -0.25) is 0 Å². The predicted molar refractivity (Wildman–Crippen MR) is 260 cm³/mol. The summed E-state index contributed by atoms with van der Waals surface area (Å²) in [5.41, 5.74) is 9.60. The van der Waals surface area contributed by atoms with Crippen LogP contribution in [-0.2, 0) is 0 Å². The molecule has 0 amide bonds. The van der Waals surface area contributed by atoms with Crippen LogP contribution < -0.4 is 0 Å². The first-order valence-electron chi connectivity index (χ1n) is 19.8. The van der Waals surface area contributed by atoms with E-state index in [2.05, 4.69) is 203 Å². The van der Waals surface area contributed by atoms with Crippen molar-refractivity contribution in [1.29, 1.82) is 0 Å². The summed E-state index contributed by atoms with van der Waals surface area (Å²) in [5.74, 6) is 0.